The highest BCUT2D eigenvalue weighted by Crippen LogP contribution is 2.28. The fourth-order valence-electron chi connectivity index (χ4n) is 3.11. The summed E-state index contributed by atoms with van der Waals surface area (Å²) in [4.78, 5) is 24.5. The van der Waals surface area contributed by atoms with E-state index in [1.807, 2.05) is 12.1 Å². The van der Waals surface area contributed by atoms with E-state index in [1.54, 1.807) is 19.1 Å². The van der Waals surface area contributed by atoms with Crippen LogP contribution in [0.3, 0.4) is 0 Å². The van der Waals surface area contributed by atoms with Crippen molar-refractivity contribution in [2.75, 3.05) is 0 Å². The van der Waals surface area contributed by atoms with E-state index in [-0.39, 0.29) is 23.6 Å². The Morgan fingerprint density at radius 1 is 1.17 bits per heavy atom. The average Bonchev–Trinajstić information content (AvgIpc) is 3.05. The average molecular weight is 326 g/mol. The maximum absolute atomic E-state index is 12.5. The summed E-state index contributed by atoms with van der Waals surface area (Å²) >= 11 is 0. The van der Waals surface area contributed by atoms with Crippen molar-refractivity contribution in [3.63, 3.8) is 0 Å². The first-order valence-electron chi connectivity index (χ1n) is 8.37. The maximum Gasteiger partial charge on any atom is 0.287 e. The highest BCUT2D eigenvalue weighted by molar-refractivity contribution is 5.95. The molecule has 2 amide bonds. The van der Waals surface area contributed by atoms with Crippen LogP contribution >= 0.6 is 0 Å². The Labute approximate surface area is 141 Å². The molecule has 0 saturated carbocycles. The molecule has 126 valence electrons. The Kier molecular flexibility index (Phi) is 4.99. The summed E-state index contributed by atoms with van der Waals surface area (Å²) in [6.45, 7) is 1.68. The van der Waals surface area contributed by atoms with Gasteiger partial charge in [-0.2, -0.15) is 0 Å². The summed E-state index contributed by atoms with van der Waals surface area (Å²) in [5, 5.41) is 5.75. The number of furan rings is 1. The molecule has 0 bridgehead atoms. The lowest BCUT2D eigenvalue weighted by Gasteiger charge is -2.22. The molecule has 0 spiro atoms. The minimum atomic E-state index is -0.627. The fraction of sp³-hybridized carbons (Fsp3) is 0.368. The molecule has 2 aromatic rings. The highest BCUT2D eigenvalue weighted by Gasteiger charge is 2.24. The van der Waals surface area contributed by atoms with Crippen molar-refractivity contribution in [1.82, 2.24) is 10.6 Å². The minimum absolute atomic E-state index is 0.000773. The van der Waals surface area contributed by atoms with Crippen LogP contribution in [0.5, 0.6) is 0 Å². The van der Waals surface area contributed by atoms with Crippen LogP contribution in [-0.2, 0) is 11.2 Å². The maximum atomic E-state index is 12.5. The van der Waals surface area contributed by atoms with Crippen molar-refractivity contribution in [3.8, 4) is 0 Å². The van der Waals surface area contributed by atoms with Gasteiger partial charge in [0.1, 0.15) is 6.04 Å². The van der Waals surface area contributed by atoms with Crippen molar-refractivity contribution in [1.29, 1.82) is 0 Å². The molecule has 0 unspecified atom stereocenters. The van der Waals surface area contributed by atoms with Gasteiger partial charge in [-0.1, -0.05) is 30.7 Å². The lowest BCUT2D eigenvalue weighted by atomic mass is 9.99. The molecule has 0 aliphatic heterocycles. The molecule has 1 aromatic heterocycles. The van der Waals surface area contributed by atoms with E-state index in [0.29, 0.717) is 0 Å². The Morgan fingerprint density at radius 3 is 2.79 bits per heavy atom. The number of amides is 2. The van der Waals surface area contributed by atoms with Crippen molar-refractivity contribution >= 4 is 11.8 Å². The molecule has 5 nitrogen and oxygen atoms in total. The minimum Gasteiger partial charge on any atom is -0.459 e. The molecule has 0 saturated heterocycles. The summed E-state index contributed by atoms with van der Waals surface area (Å²) in [6, 6.07) is 10.8. The van der Waals surface area contributed by atoms with E-state index >= 15 is 0 Å². The molecular weight excluding hydrogens is 304 g/mol. The van der Waals surface area contributed by atoms with Crippen LogP contribution in [0.25, 0.3) is 0 Å². The van der Waals surface area contributed by atoms with Crippen LogP contribution in [-0.4, -0.2) is 17.9 Å². The van der Waals surface area contributed by atoms with Gasteiger partial charge in [0, 0.05) is 0 Å². The molecule has 2 N–H and O–H groups in total. The number of carbonyl (C=O) groups excluding carboxylic acids is 2. The Hall–Kier alpha value is -2.56. The largest absolute Gasteiger partial charge is 0.459 e. The third kappa shape index (κ3) is 3.67. The van der Waals surface area contributed by atoms with Crippen molar-refractivity contribution in [2.45, 2.75) is 44.7 Å². The molecule has 3 rings (SSSR count). The Bertz CT molecular complexity index is 709. The van der Waals surface area contributed by atoms with Crippen molar-refractivity contribution in [2.24, 2.45) is 0 Å². The second kappa shape index (κ2) is 7.34. The summed E-state index contributed by atoms with van der Waals surface area (Å²) in [5.74, 6) is -0.366. The van der Waals surface area contributed by atoms with Crippen LogP contribution in [0, 0.1) is 0 Å². The first kappa shape index (κ1) is 16.3. The quantitative estimate of drug-likeness (QED) is 0.849. The zero-order chi connectivity index (χ0) is 16.9. The Balaban J connectivity index is 1.65. The number of benzene rings is 1. The summed E-state index contributed by atoms with van der Waals surface area (Å²) in [5.41, 5.74) is 2.49. The number of hydrogen-bond donors (Lipinski definition) is 2. The topological polar surface area (TPSA) is 71.3 Å². The first-order valence-corrected chi connectivity index (χ1v) is 8.37. The third-order valence-electron chi connectivity index (χ3n) is 4.42. The lowest BCUT2D eigenvalue weighted by Crippen LogP contribution is -2.45. The predicted molar refractivity (Wildman–Crippen MR) is 90.5 cm³/mol. The van der Waals surface area contributed by atoms with Gasteiger partial charge in [-0.05, 0) is 49.4 Å². The molecule has 0 fully saturated rings. The standard InChI is InChI=1S/C19H22N2O3/c1-13(20-19(23)17-11-6-12-24-17)18(22)21-16-10-5-3-8-14-7-2-4-9-15(14)16/h2,4,6-7,9,11-13,16H,3,5,8,10H2,1H3,(H,20,23)(H,21,22)/t13-,16-/m0/s1. The molecule has 2 atom stereocenters. The van der Waals surface area contributed by atoms with Crippen LogP contribution in [0.4, 0.5) is 0 Å². The van der Waals surface area contributed by atoms with Gasteiger partial charge in [-0.3, -0.25) is 9.59 Å². The number of carbonyl (C=O) groups is 2. The van der Waals surface area contributed by atoms with Gasteiger partial charge in [-0.15, -0.1) is 0 Å². The molecular formula is C19H22N2O3. The van der Waals surface area contributed by atoms with Crippen molar-refractivity contribution < 1.29 is 14.0 Å². The zero-order valence-corrected chi connectivity index (χ0v) is 13.7. The summed E-state index contributed by atoms with van der Waals surface area (Å²) in [6.07, 6.45) is 5.61. The molecule has 1 aliphatic rings. The second-order valence-corrected chi connectivity index (χ2v) is 6.18. The Morgan fingerprint density at radius 2 is 2.00 bits per heavy atom. The molecule has 0 radical (unpaired) electrons. The van der Waals surface area contributed by atoms with Crippen LogP contribution in [0.15, 0.2) is 47.1 Å². The lowest BCUT2D eigenvalue weighted by molar-refractivity contribution is -0.123. The number of rotatable bonds is 4. The van der Waals surface area contributed by atoms with Gasteiger partial charge in [0.05, 0.1) is 12.3 Å². The van der Waals surface area contributed by atoms with E-state index in [2.05, 4.69) is 22.8 Å². The molecule has 1 heterocycles. The molecule has 1 aromatic carbocycles. The fourth-order valence-corrected chi connectivity index (χ4v) is 3.11. The van der Waals surface area contributed by atoms with E-state index < -0.39 is 6.04 Å². The number of aryl methyl sites for hydroxylation is 1. The van der Waals surface area contributed by atoms with Crippen molar-refractivity contribution in [3.05, 3.63) is 59.5 Å². The molecule has 1 aliphatic carbocycles. The normalized spacial score (nSPS) is 18.1. The van der Waals surface area contributed by atoms with Gasteiger partial charge in [0.15, 0.2) is 5.76 Å². The zero-order valence-electron chi connectivity index (χ0n) is 13.7. The van der Waals surface area contributed by atoms with Gasteiger partial charge >= 0.3 is 0 Å². The van der Waals surface area contributed by atoms with E-state index in [0.717, 1.165) is 25.7 Å². The summed E-state index contributed by atoms with van der Waals surface area (Å²) < 4.78 is 5.05. The predicted octanol–water partition coefficient (Wildman–Crippen LogP) is 2.98. The van der Waals surface area contributed by atoms with Crippen LogP contribution in [0.2, 0.25) is 0 Å². The first-order chi connectivity index (χ1) is 11.6. The monoisotopic (exact) mass is 326 g/mol. The van der Waals surface area contributed by atoms with E-state index in [4.69, 9.17) is 4.42 Å². The third-order valence-corrected chi connectivity index (χ3v) is 4.42. The van der Waals surface area contributed by atoms with Crippen LogP contribution < -0.4 is 10.6 Å². The van der Waals surface area contributed by atoms with Crippen LogP contribution in [0.1, 0.15) is 53.9 Å². The number of fused-ring (bicyclic) bond motifs is 1. The molecule has 24 heavy (non-hydrogen) atoms. The molecule has 5 heteroatoms. The SMILES string of the molecule is C[C@H](NC(=O)c1ccco1)C(=O)N[C@H]1CCCCc2ccccc21. The van der Waals surface area contributed by atoms with Gasteiger partial charge < -0.3 is 15.1 Å². The summed E-state index contributed by atoms with van der Waals surface area (Å²) in [7, 11) is 0. The van der Waals surface area contributed by atoms with E-state index in [9.17, 15) is 9.59 Å². The smallest absolute Gasteiger partial charge is 0.287 e. The second-order valence-electron chi connectivity index (χ2n) is 6.18. The van der Waals surface area contributed by atoms with Gasteiger partial charge in [0.25, 0.3) is 5.91 Å². The van der Waals surface area contributed by atoms with Gasteiger partial charge in [0.2, 0.25) is 5.91 Å². The van der Waals surface area contributed by atoms with E-state index in [1.165, 1.54) is 17.4 Å². The number of nitrogens with one attached hydrogen (secondary N) is 2. The highest BCUT2D eigenvalue weighted by atomic mass is 16.3. The van der Waals surface area contributed by atoms with Gasteiger partial charge in [-0.25, -0.2) is 0 Å². The number of hydrogen-bond acceptors (Lipinski definition) is 3.